The molecule has 4 aromatic heterocycles. The van der Waals surface area contributed by atoms with Gasteiger partial charge in [0.05, 0.1) is 6.61 Å². The van der Waals surface area contributed by atoms with Crippen LogP contribution in [0.4, 0.5) is 31.5 Å². The fourth-order valence-corrected chi connectivity index (χ4v) is 17.0. The highest BCUT2D eigenvalue weighted by molar-refractivity contribution is 9.10. The van der Waals surface area contributed by atoms with Crippen molar-refractivity contribution in [3.05, 3.63) is 315 Å². The number of aliphatic hydroxyl groups is 1. The van der Waals surface area contributed by atoms with Crippen molar-refractivity contribution in [2.24, 2.45) is 0 Å². The van der Waals surface area contributed by atoms with E-state index in [1.807, 2.05) is 81.4 Å². The molecule has 14 aromatic rings. The molecule has 10 aromatic carbocycles. The Morgan fingerprint density at radius 1 is 0.378 bits per heavy atom. The number of aromatic nitrogens is 4. The van der Waals surface area contributed by atoms with E-state index in [4.69, 9.17) is 24.9 Å². The van der Waals surface area contributed by atoms with Gasteiger partial charge >= 0.3 is 7.12 Å². The number of hydrogen-bond acceptors (Lipinski definition) is 16. The van der Waals surface area contributed by atoms with Crippen molar-refractivity contribution in [3.8, 4) is 39.3 Å². The summed E-state index contributed by atoms with van der Waals surface area (Å²) in [6.45, 7) is 48.7. The van der Waals surface area contributed by atoms with Crippen LogP contribution in [0.5, 0.6) is 5.88 Å². The Morgan fingerprint density at radius 3 is 1.05 bits per heavy atom. The maximum Gasteiger partial charge on any atom is 0.490 e. The largest absolute Gasteiger partial charge is 0.490 e. The molecule has 14 rings (SSSR count). The van der Waals surface area contributed by atoms with Crippen LogP contribution >= 0.6 is 15.9 Å². The van der Waals surface area contributed by atoms with Gasteiger partial charge in [-0.15, -0.1) is 0 Å². The van der Waals surface area contributed by atoms with E-state index in [-0.39, 0.29) is 17.6 Å². The SMILES string of the molecule is CCN(CC)CCCC(C)Nc1ccc2cc(-c3ccc(=O)[nH]c3C)ccc2c1.CCN(CC)CCCC(C)Nc1ccc2cc(-c3ccc(F)nc3C)ccc2c1.CCN(CC)CCCC(C)Nc1ccc2cc(-c3ccc(OCc4ccccc4)nc3C)ccc2c1.CCN(CC)CCCC(C)Nc1ccc2cc(Br)ccc2c1.Cc1nc(F)ccc1B(O)O.OCc1ccccc1. The lowest BCUT2D eigenvalue weighted by atomic mass is 9.79. The number of aliphatic hydroxyl groups excluding tert-OH is 1. The average Bonchev–Trinajstić information content (AvgIpc) is 0.638. The van der Waals surface area contributed by atoms with Gasteiger partial charge in [-0.25, -0.2) is 15.0 Å². The highest BCUT2D eigenvalue weighted by Gasteiger charge is 2.18. The Bertz CT molecular complexity index is 5960. The van der Waals surface area contributed by atoms with Crippen molar-refractivity contribution in [2.75, 3.05) is 99.8 Å². The smallest absolute Gasteiger partial charge is 0.473 e. The molecule has 0 spiro atoms. The summed E-state index contributed by atoms with van der Waals surface area (Å²) in [5, 5.41) is 50.3. The van der Waals surface area contributed by atoms with Gasteiger partial charge in [0.2, 0.25) is 23.3 Å². The van der Waals surface area contributed by atoms with Crippen molar-refractivity contribution < 1.29 is 28.7 Å². The van der Waals surface area contributed by atoms with Crippen LogP contribution in [-0.2, 0) is 13.2 Å². The van der Waals surface area contributed by atoms with E-state index in [2.05, 4.69) is 319 Å². The number of ether oxygens (including phenoxy) is 1. The minimum Gasteiger partial charge on any atom is -0.473 e. The number of hydrogen-bond donors (Lipinski definition) is 8. The van der Waals surface area contributed by atoms with Gasteiger partial charge in [-0.3, -0.25) is 4.79 Å². The predicted octanol–water partition coefficient (Wildman–Crippen LogP) is 25.3. The summed E-state index contributed by atoms with van der Waals surface area (Å²) in [6.07, 6.45) is 9.58. The molecule has 8 N–H and O–H groups in total. The van der Waals surface area contributed by atoms with Crippen molar-refractivity contribution in [3.63, 3.8) is 0 Å². The zero-order valence-electron chi connectivity index (χ0n) is 82.6. The number of aromatic amines is 1. The number of nitrogens with zero attached hydrogens (tertiary/aromatic N) is 7. The standard InChI is InChI=1S/C32H39N3O.C25H32FN3.C25H33N3O.C19H27BrN2.C7H8O.C6H7BFNO2/c1-5-35(6-2)20-10-11-24(3)33-30-17-16-27-21-29(15-14-28(27)22-30)31-18-19-32(34-25(31)4)36-23-26-12-8-7-9-13-26;1-5-29(6-2)15-7-8-18(3)27-23-12-11-20-16-22(10-9-21(20)17-23)24-13-14-25(26)28-19(24)4;1-5-28(6-2)15-7-8-18(3)26-23-12-11-20-16-22(10-9-21(20)17-23)24-13-14-25(29)27-19(24)4;1-4-22(5-2)12-6-7-15(3)21-19-11-9-16-13-18(20)10-8-17(16)14-19;8-6-7-4-2-1-3-5-7;1-4-5(7(10)11)2-3-6(8)9-4/h7-9,12-19,21-22,24,33H,5-6,10-11,20,23H2,1-4H3;9-14,16-18,27H,5-8,15H2,1-4H3;9-14,16-18,26H,5-8,15H2,1-4H3,(H,27,29);8-11,13-15,21H,4-7,12H2,1-3H3;1-5,8H,6H2;2-3,10-11H,1H3. The van der Waals surface area contributed by atoms with Gasteiger partial charge < -0.3 is 65.7 Å². The van der Waals surface area contributed by atoms with Crippen LogP contribution in [0.1, 0.15) is 168 Å². The molecule has 716 valence electrons. The van der Waals surface area contributed by atoms with Gasteiger partial charge in [0.1, 0.15) is 6.61 Å². The highest BCUT2D eigenvalue weighted by Crippen LogP contribution is 2.34. The van der Waals surface area contributed by atoms with E-state index in [0.29, 0.717) is 48.0 Å². The summed E-state index contributed by atoms with van der Waals surface area (Å²) in [6, 6.07) is 86.9. The molecule has 0 saturated heterocycles. The number of rotatable bonds is 40. The molecule has 0 amide bonds. The Balaban J connectivity index is 0.000000191. The quantitative estimate of drug-likeness (QED) is 0.0133. The number of halogens is 3. The summed E-state index contributed by atoms with van der Waals surface area (Å²) in [5.41, 5.74) is 16.4. The molecular formula is C114H146BBrF2N12O5. The molecule has 4 unspecified atom stereocenters. The second-order valence-corrected chi connectivity index (χ2v) is 35.8. The summed E-state index contributed by atoms with van der Waals surface area (Å²) in [5.74, 6) is -0.399. The van der Waals surface area contributed by atoms with Gasteiger partial charge in [0.15, 0.2) is 0 Å². The van der Waals surface area contributed by atoms with Crippen molar-refractivity contribution in [2.45, 2.75) is 200 Å². The normalized spacial score (nSPS) is 12.0. The first-order chi connectivity index (χ1) is 65.2. The molecule has 4 atom stereocenters. The molecule has 0 radical (unpaired) electrons. The number of nitrogens with one attached hydrogen (secondary N) is 5. The zero-order valence-corrected chi connectivity index (χ0v) is 84.2. The van der Waals surface area contributed by atoms with Gasteiger partial charge in [0.25, 0.3) is 0 Å². The van der Waals surface area contributed by atoms with Crippen LogP contribution in [0.25, 0.3) is 76.5 Å². The minimum atomic E-state index is -1.58. The number of fused-ring (bicyclic) bond motifs is 4. The average molecular weight is 1890 g/mol. The third-order valence-corrected chi connectivity index (χ3v) is 25.3. The fraction of sp³-hybridized carbons (Fsp3) is 0.368. The van der Waals surface area contributed by atoms with Gasteiger partial charge in [-0.05, 0) is 365 Å². The zero-order chi connectivity index (χ0) is 97.1. The fourth-order valence-electron chi connectivity index (χ4n) is 16.7. The molecule has 17 nitrogen and oxygen atoms in total. The van der Waals surface area contributed by atoms with E-state index in [1.54, 1.807) is 12.1 Å². The van der Waals surface area contributed by atoms with E-state index < -0.39 is 19.0 Å². The molecule has 0 saturated carbocycles. The minimum absolute atomic E-state index is 0.0611. The predicted molar refractivity (Wildman–Crippen MR) is 573 cm³/mol. The van der Waals surface area contributed by atoms with Gasteiger partial charge in [-0.1, -0.05) is 205 Å². The van der Waals surface area contributed by atoms with Crippen LogP contribution in [0.2, 0.25) is 0 Å². The lowest BCUT2D eigenvalue weighted by Gasteiger charge is -2.20. The summed E-state index contributed by atoms with van der Waals surface area (Å²) < 4.78 is 32.7. The molecule has 135 heavy (non-hydrogen) atoms. The second-order valence-electron chi connectivity index (χ2n) is 34.9. The molecule has 0 aliphatic carbocycles. The van der Waals surface area contributed by atoms with Gasteiger partial charge in [0, 0.05) is 108 Å². The molecule has 0 bridgehead atoms. The molecule has 0 aliphatic rings. The van der Waals surface area contributed by atoms with Crippen molar-refractivity contribution >= 4 is 94.4 Å². The molecule has 0 fully saturated rings. The maximum atomic E-state index is 13.3. The first kappa shape index (κ1) is 107. The van der Waals surface area contributed by atoms with Crippen LogP contribution in [0.15, 0.2) is 264 Å². The Kier molecular flexibility index (Phi) is 45.3. The number of aryl methyl sites for hydroxylation is 4. The van der Waals surface area contributed by atoms with E-state index in [9.17, 15) is 13.6 Å². The first-order valence-corrected chi connectivity index (χ1v) is 49.4. The maximum absolute atomic E-state index is 13.3. The van der Waals surface area contributed by atoms with Crippen molar-refractivity contribution in [1.82, 2.24) is 39.5 Å². The van der Waals surface area contributed by atoms with E-state index in [1.165, 1.54) is 149 Å². The number of anilines is 4. The first-order valence-electron chi connectivity index (χ1n) is 48.6. The Morgan fingerprint density at radius 2 is 0.704 bits per heavy atom. The molecular weight excluding hydrogens is 1750 g/mol. The van der Waals surface area contributed by atoms with Crippen LogP contribution < -0.4 is 37.0 Å². The van der Waals surface area contributed by atoms with E-state index >= 15 is 0 Å². The topological polar surface area (TPSA) is 203 Å². The second kappa shape index (κ2) is 57.0. The Labute approximate surface area is 811 Å². The van der Waals surface area contributed by atoms with Crippen LogP contribution in [0, 0.1) is 39.6 Å². The summed E-state index contributed by atoms with van der Waals surface area (Å²) in [4.78, 5) is 36.3. The van der Waals surface area contributed by atoms with Crippen LogP contribution in [-0.4, -0.2) is 165 Å². The Hall–Kier alpha value is -11.2. The lowest BCUT2D eigenvalue weighted by molar-refractivity contribution is 0.282. The molecule has 4 heterocycles. The lowest BCUT2D eigenvalue weighted by Crippen LogP contribution is -2.32. The van der Waals surface area contributed by atoms with Crippen LogP contribution in [0.3, 0.4) is 0 Å². The van der Waals surface area contributed by atoms with Gasteiger partial charge in [-0.2, -0.15) is 8.78 Å². The molecule has 21 heteroatoms. The van der Waals surface area contributed by atoms with E-state index in [0.717, 1.165) is 132 Å². The third-order valence-electron chi connectivity index (χ3n) is 24.8. The summed E-state index contributed by atoms with van der Waals surface area (Å²) >= 11 is 3.52. The highest BCUT2D eigenvalue weighted by atomic mass is 79.9. The third kappa shape index (κ3) is 35.8. The number of H-pyrrole nitrogens is 1. The number of benzene rings is 10. The number of pyridine rings is 4. The van der Waals surface area contributed by atoms with Crippen molar-refractivity contribution in [1.29, 1.82) is 0 Å². The summed E-state index contributed by atoms with van der Waals surface area (Å²) in [7, 11) is -1.58. The molecule has 0 aliphatic heterocycles. The monoisotopic (exact) mass is 1890 g/mol.